The van der Waals surface area contributed by atoms with Crippen LogP contribution in [0, 0.1) is 5.41 Å². The first-order valence-corrected chi connectivity index (χ1v) is 7.04. The van der Waals surface area contributed by atoms with E-state index in [-0.39, 0.29) is 0 Å². The Kier molecular flexibility index (Phi) is 5.90. The quantitative estimate of drug-likeness (QED) is 0.763. The van der Waals surface area contributed by atoms with E-state index in [4.69, 9.17) is 0 Å². The molecule has 1 N–H and O–H groups in total. The number of hydrogen-bond acceptors (Lipinski definition) is 3. The van der Waals surface area contributed by atoms with E-state index in [1.807, 2.05) is 0 Å². The van der Waals surface area contributed by atoms with E-state index < -0.39 is 0 Å². The molecule has 0 unspecified atom stereocenters. The van der Waals surface area contributed by atoms with Gasteiger partial charge in [0.2, 0.25) is 0 Å². The van der Waals surface area contributed by atoms with Gasteiger partial charge >= 0.3 is 0 Å². The van der Waals surface area contributed by atoms with Crippen LogP contribution in [0.15, 0.2) is 0 Å². The Morgan fingerprint density at radius 3 is 2.29 bits per heavy atom. The monoisotopic (exact) mass is 241 g/mol. The fourth-order valence-electron chi connectivity index (χ4n) is 2.72. The summed E-state index contributed by atoms with van der Waals surface area (Å²) in [5.74, 6) is 0. The molecule has 17 heavy (non-hydrogen) atoms. The summed E-state index contributed by atoms with van der Waals surface area (Å²) in [7, 11) is 4.41. The molecule has 0 bridgehead atoms. The van der Waals surface area contributed by atoms with Gasteiger partial charge in [-0.3, -0.25) is 0 Å². The molecule has 0 aromatic carbocycles. The van der Waals surface area contributed by atoms with E-state index >= 15 is 0 Å². The highest BCUT2D eigenvalue weighted by Crippen LogP contribution is 2.20. The molecule has 0 aliphatic carbocycles. The second-order valence-corrected chi connectivity index (χ2v) is 6.42. The van der Waals surface area contributed by atoms with E-state index in [0.717, 1.165) is 19.1 Å². The van der Waals surface area contributed by atoms with Crippen molar-refractivity contribution in [2.45, 2.75) is 39.7 Å². The molecule has 0 aromatic rings. The van der Waals surface area contributed by atoms with Gasteiger partial charge in [-0.2, -0.15) is 0 Å². The molecule has 1 heterocycles. The summed E-state index contributed by atoms with van der Waals surface area (Å²) in [4.78, 5) is 5.01. The van der Waals surface area contributed by atoms with Crippen LogP contribution in [0.5, 0.6) is 0 Å². The van der Waals surface area contributed by atoms with Crippen molar-refractivity contribution < 1.29 is 0 Å². The fourth-order valence-corrected chi connectivity index (χ4v) is 2.72. The van der Waals surface area contributed by atoms with Crippen molar-refractivity contribution in [3.05, 3.63) is 0 Å². The normalized spacial score (nSPS) is 20.1. The van der Waals surface area contributed by atoms with E-state index in [9.17, 15) is 0 Å². The Morgan fingerprint density at radius 1 is 1.24 bits per heavy atom. The fraction of sp³-hybridized carbons (Fsp3) is 1.00. The number of nitrogens with zero attached hydrogens (tertiary/aromatic N) is 2. The van der Waals surface area contributed by atoms with Crippen LogP contribution in [-0.4, -0.2) is 62.7 Å². The van der Waals surface area contributed by atoms with Gasteiger partial charge < -0.3 is 15.1 Å². The second kappa shape index (κ2) is 6.72. The molecule has 102 valence electrons. The van der Waals surface area contributed by atoms with Crippen LogP contribution < -0.4 is 5.32 Å². The molecule has 3 heteroatoms. The van der Waals surface area contributed by atoms with Crippen molar-refractivity contribution in [1.29, 1.82) is 0 Å². The average molecular weight is 241 g/mol. The van der Waals surface area contributed by atoms with Crippen LogP contribution >= 0.6 is 0 Å². The molecule has 1 aliphatic rings. The number of hydrogen-bond donors (Lipinski definition) is 1. The highest BCUT2D eigenvalue weighted by atomic mass is 15.2. The Balaban J connectivity index is 2.29. The summed E-state index contributed by atoms with van der Waals surface area (Å²) in [6, 6.07) is 0.795. The largest absolute Gasteiger partial charge is 0.316 e. The molecular weight excluding hydrogens is 210 g/mol. The minimum absolute atomic E-state index is 0.390. The molecule has 0 radical (unpaired) electrons. The molecule has 0 saturated carbocycles. The van der Waals surface area contributed by atoms with Crippen LogP contribution in [0.4, 0.5) is 0 Å². The minimum atomic E-state index is 0.390. The molecule has 0 aromatic heterocycles. The molecule has 0 atom stereocenters. The van der Waals surface area contributed by atoms with Gasteiger partial charge in [-0.15, -0.1) is 0 Å². The lowest BCUT2D eigenvalue weighted by Crippen LogP contribution is -2.47. The zero-order valence-electron chi connectivity index (χ0n) is 12.4. The molecular formula is C14H31N3. The van der Waals surface area contributed by atoms with Gasteiger partial charge in [-0.05, 0) is 52.0 Å². The van der Waals surface area contributed by atoms with Gasteiger partial charge in [0.05, 0.1) is 0 Å². The third kappa shape index (κ3) is 5.36. The lowest BCUT2D eigenvalue weighted by Gasteiger charge is -2.39. The molecule has 1 aliphatic heterocycles. The van der Waals surface area contributed by atoms with Crippen molar-refractivity contribution in [2.24, 2.45) is 5.41 Å². The summed E-state index contributed by atoms with van der Waals surface area (Å²) in [6.07, 6.45) is 2.65. The van der Waals surface area contributed by atoms with E-state index in [0.29, 0.717) is 5.41 Å². The number of piperidine rings is 1. The molecule has 1 rings (SSSR count). The van der Waals surface area contributed by atoms with Gasteiger partial charge in [-0.1, -0.05) is 20.8 Å². The predicted molar refractivity (Wildman–Crippen MR) is 75.5 cm³/mol. The van der Waals surface area contributed by atoms with Crippen LogP contribution in [0.3, 0.4) is 0 Å². The smallest absolute Gasteiger partial charge is 0.0113 e. The van der Waals surface area contributed by atoms with Gasteiger partial charge in [0.1, 0.15) is 0 Å². The third-order valence-corrected chi connectivity index (χ3v) is 3.79. The van der Waals surface area contributed by atoms with Crippen molar-refractivity contribution in [1.82, 2.24) is 15.1 Å². The number of nitrogens with one attached hydrogen (secondary N) is 1. The van der Waals surface area contributed by atoms with Crippen LogP contribution in [-0.2, 0) is 0 Å². The van der Waals surface area contributed by atoms with Gasteiger partial charge in [0.15, 0.2) is 0 Å². The molecule has 1 saturated heterocycles. The van der Waals surface area contributed by atoms with Crippen molar-refractivity contribution >= 4 is 0 Å². The first-order valence-electron chi connectivity index (χ1n) is 7.04. The van der Waals surface area contributed by atoms with E-state index in [1.54, 1.807) is 0 Å². The zero-order chi connectivity index (χ0) is 12.9. The van der Waals surface area contributed by atoms with Gasteiger partial charge in [-0.25, -0.2) is 0 Å². The van der Waals surface area contributed by atoms with Crippen molar-refractivity contribution in [3.63, 3.8) is 0 Å². The summed E-state index contributed by atoms with van der Waals surface area (Å²) in [5.41, 5.74) is 0.390. The second-order valence-electron chi connectivity index (χ2n) is 6.42. The lowest BCUT2D eigenvalue weighted by molar-refractivity contribution is 0.107. The first kappa shape index (κ1) is 14.9. The maximum absolute atomic E-state index is 3.47. The lowest BCUT2D eigenvalue weighted by atomic mass is 9.91. The van der Waals surface area contributed by atoms with Crippen LogP contribution in [0.1, 0.15) is 33.6 Å². The van der Waals surface area contributed by atoms with Crippen LogP contribution in [0.25, 0.3) is 0 Å². The molecule has 0 amide bonds. The maximum Gasteiger partial charge on any atom is 0.0113 e. The van der Waals surface area contributed by atoms with E-state index in [2.05, 4.69) is 50.0 Å². The molecule has 0 spiro atoms. The molecule has 1 fully saturated rings. The zero-order valence-corrected chi connectivity index (χ0v) is 12.4. The van der Waals surface area contributed by atoms with E-state index in [1.165, 1.54) is 32.5 Å². The Labute approximate surface area is 108 Å². The van der Waals surface area contributed by atoms with Gasteiger partial charge in [0.25, 0.3) is 0 Å². The summed E-state index contributed by atoms with van der Waals surface area (Å²) < 4.78 is 0. The standard InChI is InChI=1S/C14H31N3/c1-6-15-11-14(2,3)12-17-9-7-13(8-10-17)16(4)5/h13,15H,6-12H2,1-5H3. The third-order valence-electron chi connectivity index (χ3n) is 3.79. The Bertz CT molecular complexity index is 206. The van der Waals surface area contributed by atoms with Gasteiger partial charge in [0, 0.05) is 19.1 Å². The highest BCUT2D eigenvalue weighted by Gasteiger charge is 2.25. The Hall–Kier alpha value is -0.120. The first-order chi connectivity index (χ1) is 7.94. The summed E-state index contributed by atoms with van der Waals surface area (Å²) in [5, 5.41) is 3.47. The average Bonchev–Trinajstić information content (AvgIpc) is 2.26. The van der Waals surface area contributed by atoms with Crippen LogP contribution in [0.2, 0.25) is 0 Å². The predicted octanol–water partition coefficient (Wildman–Crippen LogP) is 1.65. The Morgan fingerprint density at radius 2 is 1.82 bits per heavy atom. The summed E-state index contributed by atoms with van der Waals surface area (Å²) in [6.45, 7) is 12.9. The minimum Gasteiger partial charge on any atom is -0.316 e. The number of likely N-dealkylation sites (tertiary alicyclic amines) is 1. The highest BCUT2D eigenvalue weighted by molar-refractivity contribution is 4.82. The maximum atomic E-state index is 3.47. The topological polar surface area (TPSA) is 18.5 Å². The SMILES string of the molecule is CCNCC(C)(C)CN1CCC(N(C)C)CC1. The summed E-state index contributed by atoms with van der Waals surface area (Å²) >= 11 is 0. The van der Waals surface area contributed by atoms with Crippen molar-refractivity contribution in [2.75, 3.05) is 46.8 Å². The molecule has 3 nitrogen and oxygen atoms in total. The number of rotatable bonds is 6. The van der Waals surface area contributed by atoms with Crippen molar-refractivity contribution in [3.8, 4) is 0 Å².